The molecule has 3 rings (SSSR count). The maximum absolute atomic E-state index is 14.2. The molecule has 0 fully saturated rings. The number of hydrogen-bond donors (Lipinski definition) is 1. The summed E-state index contributed by atoms with van der Waals surface area (Å²) in [4.78, 5) is 12.4. The van der Waals surface area contributed by atoms with Crippen LogP contribution in [0.1, 0.15) is 31.8 Å². The number of nitrogens with zero attached hydrogens (tertiary/aromatic N) is 5. The number of carbonyl (C=O) groups is 1. The highest BCUT2D eigenvalue weighted by atomic mass is 32.2. The third kappa shape index (κ3) is 4.33. The first-order valence-electron chi connectivity index (χ1n) is 8.34. The quantitative estimate of drug-likeness (QED) is 0.624. The van der Waals surface area contributed by atoms with Gasteiger partial charge in [0, 0.05) is 6.04 Å². The van der Waals surface area contributed by atoms with Crippen molar-refractivity contribution in [3.8, 4) is 11.4 Å². The van der Waals surface area contributed by atoms with Gasteiger partial charge in [-0.3, -0.25) is 14.7 Å². The van der Waals surface area contributed by atoms with E-state index in [9.17, 15) is 9.18 Å². The van der Waals surface area contributed by atoms with Gasteiger partial charge in [-0.1, -0.05) is 35.2 Å². The summed E-state index contributed by atoms with van der Waals surface area (Å²) in [5, 5.41) is 20.2. The number of aryl methyl sites for hydroxylation is 1. The number of anilines is 1. The molecule has 0 spiro atoms. The maximum atomic E-state index is 14.2. The van der Waals surface area contributed by atoms with Crippen LogP contribution in [0.15, 0.2) is 29.4 Å². The Kier molecular flexibility index (Phi) is 5.85. The van der Waals surface area contributed by atoms with Gasteiger partial charge in [0.2, 0.25) is 11.0 Å². The highest BCUT2D eigenvalue weighted by Crippen LogP contribution is 2.31. The summed E-state index contributed by atoms with van der Waals surface area (Å²) in [6.07, 6.45) is 0. The van der Waals surface area contributed by atoms with Crippen LogP contribution in [0.5, 0.6) is 0 Å². The SMILES string of the molecule is Cc1nnc(NC(=O)[C@H](C)Sc2nnc(-c3ccccc3F)n2C(C)C)s1. The van der Waals surface area contributed by atoms with Gasteiger partial charge in [-0.2, -0.15) is 0 Å². The normalized spacial score (nSPS) is 12.4. The van der Waals surface area contributed by atoms with Gasteiger partial charge in [-0.15, -0.1) is 20.4 Å². The summed E-state index contributed by atoms with van der Waals surface area (Å²) in [6.45, 7) is 7.52. The molecule has 1 N–H and O–H groups in total. The van der Waals surface area contributed by atoms with Crippen LogP contribution in [0, 0.1) is 12.7 Å². The molecule has 0 saturated heterocycles. The molecule has 2 aromatic heterocycles. The van der Waals surface area contributed by atoms with Crippen molar-refractivity contribution in [1.29, 1.82) is 0 Å². The van der Waals surface area contributed by atoms with Crippen LogP contribution in [0.4, 0.5) is 9.52 Å². The van der Waals surface area contributed by atoms with E-state index in [1.165, 1.54) is 29.2 Å². The molecule has 0 unspecified atom stereocenters. The fraction of sp³-hybridized carbons (Fsp3) is 0.353. The molecule has 142 valence electrons. The predicted molar refractivity (Wildman–Crippen MR) is 104 cm³/mol. The second-order valence-electron chi connectivity index (χ2n) is 6.13. The summed E-state index contributed by atoms with van der Waals surface area (Å²) < 4.78 is 16.0. The molecule has 3 aromatic rings. The summed E-state index contributed by atoms with van der Waals surface area (Å²) in [5.41, 5.74) is 0.381. The van der Waals surface area contributed by atoms with Crippen molar-refractivity contribution in [2.75, 3.05) is 5.32 Å². The molecular weight excluding hydrogens is 387 g/mol. The smallest absolute Gasteiger partial charge is 0.239 e. The van der Waals surface area contributed by atoms with Crippen LogP contribution in [-0.4, -0.2) is 36.1 Å². The zero-order chi connectivity index (χ0) is 19.6. The van der Waals surface area contributed by atoms with E-state index in [0.717, 1.165) is 5.01 Å². The Hall–Kier alpha value is -2.33. The first-order valence-corrected chi connectivity index (χ1v) is 10.0. The topological polar surface area (TPSA) is 85.6 Å². The van der Waals surface area contributed by atoms with Gasteiger partial charge in [-0.05, 0) is 39.8 Å². The fourth-order valence-corrected chi connectivity index (χ4v) is 3.99. The lowest BCUT2D eigenvalue weighted by Crippen LogP contribution is -2.23. The molecule has 0 aliphatic heterocycles. The number of halogens is 1. The lowest BCUT2D eigenvalue weighted by atomic mass is 10.2. The molecule has 2 heterocycles. The van der Waals surface area contributed by atoms with E-state index in [2.05, 4.69) is 25.7 Å². The Morgan fingerprint density at radius 3 is 2.56 bits per heavy atom. The van der Waals surface area contributed by atoms with Gasteiger partial charge in [0.25, 0.3) is 0 Å². The average Bonchev–Trinajstić information content (AvgIpc) is 3.21. The standard InChI is InChI=1S/C17H19FN6OS2/c1-9(2)24-14(12-7-5-6-8-13(12)18)21-23-17(24)26-10(3)15(25)19-16-22-20-11(4)27-16/h5-10H,1-4H3,(H,19,22,25)/t10-/m0/s1. The number of aromatic nitrogens is 5. The van der Waals surface area contributed by atoms with Gasteiger partial charge in [0.1, 0.15) is 10.8 Å². The van der Waals surface area contributed by atoms with Crippen molar-refractivity contribution in [2.24, 2.45) is 0 Å². The molecule has 0 aliphatic rings. The molecule has 0 bridgehead atoms. The van der Waals surface area contributed by atoms with Crippen molar-refractivity contribution >= 4 is 34.1 Å². The van der Waals surface area contributed by atoms with Crippen LogP contribution >= 0.6 is 23.1 Å². The van der Waals surface area contributed by atoms with Crippen molar-refractivity contribution in [2.45, 2.75) is 44.1 Å². The molecule has 1 aromatic carbocycles. The molecule has 27 heavy (non-hydrogen) atoms. The summed E-state index contributed by atoms with van der Waals surface area (Å²) in [5.74, 6) is -0.124. The molecule has 7 nitrogen and oxygen atoms in total. The van der Waals surface area contributed by atoms with Crippen LogP contribution < -0.4 is 5.32 Å². The third-order valence-electron chi connectivity index (χ3n) is 3.70. The fourth-order valence-electron chi connectivity index (χ4n) is 2.41. The number of benzene rings is 1. The van der Waals surface area contributed by atoms with Gasteiger partial charge in [0.05, 0.1) is 10.8 Å². The molecule has 1 amide bonds. The Morgan fingerprint density at radius 2 is 1.93 bits per heavy atom. The Bertz CT molecular complexity index is 955. The van der Waals surface area contributed by atoms with Gasteiger partial charge in [0.15, 0.2) is 11.0 Å². The van der Waals surface area contributed by atoms with Gasteiger partial charge in [-0.25, -0.2) is 4.39 Å². The lowest BCUT2D eigenvalue weighted by Gasteiger charge is -2.16. The van der Waals surface area contributed by atoms with E-state index in [1.807, 2.05) is 25.3 Å². The number of nitrogens with one attached hydrogen (secondary N) is 1. The van der Waals surface area contributed by atoms with Gasteiger partial charge < -0.3 is 0 Å². The minimum Gasteiger partial charge on any atom is -0.300 e. The van der Waals surface area contributed by atoms with Crippen LogP contribution in [0.25, 0.3) is 11.4 Å². The second-order valence-corrected chi connectivity index (χ2v) is 8.61. The van der Waals surface area contributed by atoms with Crippen molar-refractivity contribution in [3.05, 3.63) is 35.1 Å². The van der Waals surface area contributed by atoms with E-state index in [1.54, 1.807) is 25.1 Å². The van der Waals surface area contributed by atoms with E-state index in [4.69, 9.17) is 0 Å². The third-order valence-corrected chi connectivity index (χ3v) is 5.51. The summed E-state index contributed by atoms with van der Waals surface area (Å²) in [6, 6.07) is 6.44. The maximum Gasteiger partial charge on any atom is 0.239 e. The van der Waals surface area contributed by atoms with E-state index < -0.39 is 5.25 Å². The molecule has 0 saturated carbocycles. The van der Waals surface area contributed by atoms with E-state index in [0.29, 0.717) is 21.7 Å². The molecule has 0 radical (unpaired) electrons. The van der Waals surface area contributed by atoms with Crippen LogP contribution in [0.2, 0.25) is 0 Å². The second kappa shape index (κ2) is 8.13. The summed E-state index contributed by atoms with van der Waals surface area (Å²) >= 11 is 2.58. The summed E-state index contributed by atoms with van der Waals surface area (Å²) in [7, 11) is 0. The van der Waals surface area contributed by atoms with Crippen molar-refractivity contribution in [3.63, 3.8) is 0 Å². The van der Waals surface area contributed by atoms with Crippen molar-refractivity contribution < 1.29 is 9.18 Å². The Morgan fingerprint density at radius 1 is 1.19 bits per heavy atom. The zero-order valence-corrected chi connectivity index (χ0v) is 16.9. The van der Waals surface area contributed by atoms with Crippen LogP contribution in [-0.2, 0) is 4.79 Å². The lowest BCUT2D eigenvalue weighted by molar-refractivity contribution is -0.115. The largest absolute Gasteiger partial charge is 0.300 e. The molecule has 1 atom stereocenters. The molecular formula is C17H19FN6OS2. The highest BCUT2D eigenvalue weighted by Gasteiger charge is 2.23. The number of rotatable bonds is 6. The van der Waals surface area contributed by atoms with Crippen LogP contribution in [0.3, 0.4) is 0 Å². The number of amides is 1. The van der Waals surface area contributed by atoms with E-state index in [-0.39, 0.29) is 17.8 Å². The first kappa shape index (κ1) is 19.4. The molecule has 10 heteroatoms. The number of thioether (sulfide) groups is 1. The predicted octanol–water partition coefficient (Wildman–Crippen LogP) is 3.94. The number of carbonyl (C=O) groups excluding carboxylic acids is 1. The van der Waals surface area contributed by atoms with Crippen molar-refractivity contribution in [1.82, 2.24) is 25.0 Å². The Balaban J connectivity index is 1.82. The monoisotopic (exact) mass is 406 g/mol. The Labute approximate surface area is 164 Å². The minimum atomic E-state index is -0.440. The highest BCUT2D eigenvalue weighted by molar-refractivity contribution is 8.00. The average molecular weight is 407 g/mol. The first-order chi connectivity index (χ1) is 12.9. The van der Waals surface area contributed by atoms with Gasteiger partial charge >= 0.3 is 0 Å². The minimum absolute atomic E-state index is 0.00169. The van der Waals surface area contributed by atoms with E-state index >= 15 is 0 Å². The molecule has 0 aliphatic carbocycles. The zero-order valence-electron chi connectivity index (χ0n) is 15.3. The number of hydrogen-bond acceptors (Lipinski definition) is 7.